The summed E-state index contributed by atoms with van der Waals surface area (Å²) in [5.74, 6) is -2.80. The van der Waals surface area contributed by atoms with Gasteiger partial charge in [-0.25, -0.2) is 9.38 Å². The first kappa shape index (κ1) is 9.98. The highest BCUT2D eigenvalue weighted by Crippen LogP contribution is 2.15. The van der Waals surface area contributed by atoms with Crippen molar-refractivity contribution >= 4 is 12.4 Å². The quantitative estimate of drug-likeness (QED) is 0.572. The first-order chi connectivity index (χ1) is 5.81. The van der Waals surface area contributed by atoms with Crippen LogP contribution in [0, 0.1) is 0 Å². The van der Waals surface area contributed by atoms with E-state index in [1.54, 1.807) is 0 Å². The minimum absolute atomic E-state index is 0.796. The van der Waals surface area contributed by atoms with Gasteiger partial charge in [-0.2, -0.15) is 4.39 Å². The maximum absolute atomic E-state index is 13.2. The second-order valence-electron chi connectivity index (χ2n) is 3.37. The molecule has 2 unspecified atom stereocenters. The molecule has 1 aliphatic heterocycles. The van der Waals surface area contributed by atoms with Crippen LogP contribution in [0.1, 0.15) is 13.8 Å². The monoisotopic (exact) mass is 187 g/mol. The Bertz CT molecular complexity index is 290. The summed E-state index contributed by atoms with van der Waals surface area (Å²) < 4.78 is 26.0. The molecule has 0 aromatic heterocycles. The fourth-order valence-corrected chi connectivity index (χ4v) is 0.809. The lowest BCUT2D eigenvalue weighted by atomic mass is 10.1. The van der Waals surface area contributed by atoms with Crippen LogP contribution in [0.15, 0.2) is 22.0 Å². The number of halogens is 2. The molecule has 72 valence electrons. The summed E-state index contributed by atoms with van der Waals surface area (Å²) in [6.07, 6.45) is 3.03. The smallest absolute Gasteiger partial charge is 0.232 e. The summed E-state index contributed by atoms with van der Waals surface area (Å²) in [6, 6.07) is 0. The molecule has 2 N–H and O–H groups in total. The number of nitrogens with two attached hydrogens (primary N) is 1. The number of hydrogen-bond donors (Lipinski definition) is 1. The molecule has 0 saturated heterocycles. The Morgan fingerprint density at radius 2 is 2.00 bits per heavy atom. The average molecular weight is 187 g/mol. The van der Waals surface area contributed by atoms with Gasteiger partial charge in [-0.3, -0.25) is 4.99 Å². The summed E-state index contributed by atoms with van der Waals surface area (Å²) in [7, 11) is 0. The molecular weight excluding hydrogens is 176 g/mol. The van der Waals surface area contributed by atoms with E-state index in [-0.39, 0.29) is 0 Å². The van der Waals surface area contributed by atoms with Crippen molar-refractivity contribution < 1.29 is 8.78 Å². The van der Waals surface area contributed by atoms with E-state index >= 15 is 0 Å². The van der Waals surface area contributed by atoms with Crippen molar-refractivity contribution in [2.75, 3.05) is 0 Å². The van der Waals surface area contributed by atoms with E-state index in [1.807, 2.05) is 0 Å². The zero-order valence-electron chi connectivity index (χ0n) is 7.46. The van der Waals surface area contributed by atoms with E-state index in [0.717, 1.165) is 18.5 Å². The van der Waals surface area contributed by atoms with Gasteiger partial charge in [-0.1, -0.05) is 0 Å². The van der Waals surface area contributed by atoms with Gasteiger partial charge in [0.2, 0.25) is 11.7 Å². The van der Waals surface area contributed by atoms with E-state index in [2.05, 4.69) is 9.98 Å². The lowest BCUT2D eigenvalue weighted by molar-refractivity contribution is 0.304. The molecule has 13 heavy (non-hydrogen) atoms. The zero-order valence-corrected chi connectivity index (χ0v) is 7.46. The molecule has 1 aliphatic rings. The predicted molar refractivity (Wildman–Crippen MR) is 48.3 cm³/mol. The first-order valence-electron chi connectivity index (χ1n) is 3.78. The first-order valence-corrected chi connectivity index (χ1v) is 3.78. The normalized spacial score (nSPS) is 48.5. The van der Waals surface area contributed by atoms with Crippen molar-refractivity contribution in [1.82, 2.24) is 0 Å². The van der Waals surface area contributed by atoms with Crippen molar-refractivity contribution in [2.45, 2.75) is 25.2 Å². The molecule has 0 aliphatic carbocycles. The fraction of sp³-hybridized carbons (Fsp3) is 0.500. The molecule has 1 heterocycles. The van der Waals surface area contributed by atoms with E-state index in [1.165, 1.54) is 13.8 Å². The lowest BCUT2D eigenvalue weighted by Crippen LogP contribution is -2.37. The highest BCUT2D eigenvalue weighted by molar-refractivity contribution is 5.79. The molecule has 0 amide bonds. The molecular formula is C8H11F2N3. The van der Waals surface area contributed by atoms with Gasteiger partial charge >= 0.3 is 0 Å². The number of alkyl halides is 1. The van der Waals surface area contributed by atoms with Gasteiger partial charge in [0.05, 0.1) is 11.8 Å². The Kier molecular flexibility index (Phi) is 2.30. The van der Waals surface area contributed by atoms with Gasteiger partial charge in [0.15, 0.2) is 0 Å². The van der Waals surface area contributed by atoms with Gasteiger partial charge in [-0.15, -0.1) is 0 Å². The highest BCUT2D eigenvalue weighted by Gasteiger charge is 2.23. The minimum Gasteiger partial charge on any atom is -0.318 e. The molecule has 3 nitrogen and oxygen atoms in total. The molecule has 2 atom stereocenters. The Morgan fingerprint density at radius 1 is 1.38 bits per heavy atom. The Balaban J connectivity index is 3.10. The van der Waals surface area contributed by atoms with Crippen LogP contribution in [-0.2, 0) is 0 Å². The third kappa shape index (κ3) is 3.02. The second-order valence-corrected chi connectivity index (χ2v) is 3.37. The van der Waals surface area contributed by atoms with Crippen molar-refractivity contribution in [3.8, 4) is 0 Å². The topological polar surface area (TPSA) is 50.7 Å². The van der Waals surface area contributed by atoms with Crippen LogP contribution in [0.4, 0.5) is 8.78 Å². The van der Waals surface area contributed by atoms with Crippen LogP contribution in [-0.4, -0.2) is 23.8 Å². The van der Waals surface area contributed by atoms with Gasteiger partial charge < -0.3 is 5.73 Å². The van der Waals surface area contributed by atoms with Crippen LogP contribution in [0.3, 0.4) is 0 Å². The van der Waals surface area contributed by atoms with E-state index < -0.39 is 17.3 Å². The third-order valence-corrected chi connectivity index (χ3v) is 1.45. The SMILES string of the molecule is CC1(N)/C=N\C(C)(F)/C=N\C(F)=C/1. The molecule has 0 aromatic rings. The standard InChI is InChI=1S/C8H11F2N3/c1-7(11)3-6(9)12-5-8(2,10)13-4-7/h3-5H,11H2,1-2H3/b6-3-,12-5-,13-4-. The van der Waals surface area contributed by atoms with E-state index in [4.69, 9.17) is 5.73 Å². The van der Waals surface area contributed by atoms with Gasteiger partial charge in [0, 0.05) is 6.21 Å². The number of nitrogens with zero attached hydrogens (tertiary/aromatic N) is 2. The summed E-state index contributed by atoms with van der Waals surface area (Å²) in [4.78, 5) is 6.76. The molecule has 5 heteroatoms. The second kappa shape index (κ2) is 2.99. The van der Waals surface area contributed by atoms with Crippen molar-refractivity contribution in [1.29, 1.82) is 0 Å². The van der Waals surface area contributed by atoms with Crippen molar-refractivity contribution in [3.05, 3.63) is 12.0 Å². The van der Waals surface area contributed by atoms with Gasteiger partial charge in [0.1, 0.15) is 0 Å². The van der Waals surface area contributed by atoms with Gasteiger partial charge in [-0.05, 0) is 19.9 Å². The molecule has 0 aromatic carbocycles. The number of rotatable bonds is 0. The average Bonchev–Trinajstić information content (AvgIpc) is 1.96. The maximum Gasteiger partial charge on any atom is 0.232 e. The molecule has 0 radical (unpaired) electrons. The van der Waals surface area contributed by atoms with Crippen LogP contribution < -0.4 is 5.73 Å². The lowest BCUT2D eigenvalue weighted by Gasteiger charge is -2.18. The summed E-state index contributed by atoms with van der Waals surface area (Å²) in [6.45, 7) is 2.68. The molecule has 0 fully saturated rings. The van der Waals surface area contributed by atoms with Crippen LogP contribution in [0.5, 0.6) is 0 Å². The summed E-state index contributed by atoms with van der Waals surface area (Å²) in [5, 5.41) is 0. The van der Waals surface area contributed by atoms with Crippen molar-refractivity contribution in [3.63, 3.8) is 0 Å². The third-order valence-electron chi connectivity index (χ3n) is 1.45. The fourth-order valence-electron chi connectivity index (χ4n) is 0.809. The Hall–Kier alpha value is -1.10. The maximum atomic E-state index is 13.2. The highest BCUT2D eigenvalue weighted by atomic mass is 19.1. The largest absolute Gasteiger partial charge is 0.318 e. The Labute approximate surface area is 75.1 Å². The minimum atomic E-state index is -1.99. The van der Waals surface area contributed by atoms with Crippen LogP contribution in [0.2, 0.25) is 0 Å². The molecule has 0 bridgehead atoms. The van der Waals surface area contributed by atoms with Gasteiger partial charge in [0.25, 0.3) is 0 Å². The van der Waals surface area contributed by atoms with E-state index in [0.29, 0.717) is 0 Å². The van der Waals surface area contributed by atoms with Crippen molar-refractivity contribution in [2.24, 2.45) is 15.7 Å². The summed E-state index contributed by atoms with van der Waals surface area (Å²) >= 11 is 0. The van der Waals surface area contributed by atoms with E-state index in [9.17, 15) is 8.78 Å². The molecule has 0 spiro atoms. The van der Waals surface area contributed by atoms with Crippen LogP contribution in [0.25, 0.3) is 0 Å². The van der Waals surface area contributed by atoms with Crippen LogP contribution >= 0.6 is 0 Å². The molecule has 1 rings (SSSR count). The number of hydrogen-bond acceptors (Lipinski definition) is 3. The number of aliphatic imine (C=N–C) groups is 2. The zero-order chi connectivity index (χ0) is 10.1. The summed E-state index contributed by atoms with van der Waals surface area (Å²) in [5.41, 5.74) is 4.45. The molecule has 0 saturated carbocycles. The predicted octanol–water partition coefficient (Wildman–Crippen LogP) is 1.36. The Morgan fingerprint density at radius 3 is 2.62 bits per heavy atom.